The van der Waals surface area contributed by atoms with Crippen molar-refractivity contribution in [1.29, 1.82) is 0 Å². The molecule has 0 radical (unpaired) electrons. The van der Waals surface area contributed by atoms with Gasteiger partial charge >= 0.3 is 0 Å². The first-order valence-electron chi connectivity index (χ1n) is 12.3. The topological polar surface area (TPSA) is 90.5 Å². The van der Waals surface area contributed by atoms with Crippen LogP contribution in [0.15, 0.2) is 24.4 Å². The van der Waals surface area contributed by atoms with E-state index in [-0.39, 0.29) is 23.7 Å². The van der Waals surface area contributed by atoms with Crippen molar-refractivity contribution in [2.45, 2.75) is 57.4 Å². The summed E-state index contributed by atoms with van der Waals surface area (Å²) in [5.74, 6) is 0.278. The number of halogens is 1. The number of nitrogens with zero attached hydrogens (tertiary/aromatic N) is 4. The largest absolute Gasteiger partial charge is 0.369 e. The first kappa shape index (κ1) is 21.3. The molecule has 2 amide bonds. The summed E-state index contributed by atoms with van der Waals surface area (Å²) in [5.41, 5.74) is 0.932. The molecule has 0 bridgehead atoms. The molecule has 0 unspecified atom stereocenters. The van der Waals surface area contributed by atoms with Gasteiger partial charge in [-0.1, -0.05) is 12.8 Å². The number of aromatic nitrogens is 2. The molecule has 1 aromatic heterocycles. The van der Waals surface area contributed by atoms with Crippen LogP contribution in [0, 0.1) is 11.2 Å². The van der Waals surface area contributed by atoms with Gasteiger partial charge in [-0.05, 0) is 50.3 Å². The molecule has 178 valence electrons. The predicted molar refractivity (Wildman–Crippen MR) is 127 cm³/mol. The highest BCUT2D eigenvalue weighted by atomic mass is 19.1. The lowest BCUT2D eigenvalue weighted by Crippen LogP contribution is -2.56. The van der Waals surface area contributed by atoms with E-state index in [1.807, 2.05) is 6.07 Å². The van der Waals surface area contributed by atoms with E-state index >= 15 is 0 Å². The Labute approximate surface area is 197 Å². The van der Waals surface area contributed by atoms with Crippen LogP contribution in [0.3, 0.4) is 0 Å². The minimum absolute atomic E-state index is 0.0387. The Morgan fingerprint density at radius 2 is 1.91 bits per heavy atom. The Morgan fingerprint density at radius 3 is 2.62 bits per heavy atom. The second-order valence-electron chi connectivity index (χ2n) is 9.91. The number of rotatable bonds is 4. The van der Waals surface area contributed by atoms with Gasteiger partial charge in [0.05, 0.1) is 5.69 Å². The smallest absolute Gasteiger partial charge is 0.244 e. The van der Waals surface area contributed by atoms with Crippen LogP contribution in [0.2, 0.25) is 0 Å². The van der Waals surface area contributed by atoms with Crippen LogP contribution in [0.5, 0.6) is 0 Å². The Morgan fingerprint density at radius 1 is 1.12 bits per heavy atom. The lowest BCUT2D eigenvalue weighted by molar-refractivity contribution is -0.140. The molecule has 8 nitrogen and oxygen atoms in total. The van der Waals surface area contributed by atoms with Crippen LogP contribution < -0.4 is 20.4 Å². The molecule has 3 aliphatic heterocycles. The van der Waals surface area contributed by atoms with Crippen LogP contribution in [0.4, 0.5) is 27.5 Å². The summed E-state index contributed by atoms with van der Waals surface area (Å²) < 4.78 is 14.8. The fourth-order valence-electron chi connectivity index (χ4n) is 5.99. The second kappa shape index (κ2) is 8.21. The van der Waals surface area contributed by atoms with E-state index in [2.05, 4.69) is 20.5 Å². The van der Waals surface area contributed by atoms with Crippen LogP contribution in [0.25, 0.3) is 0 Å². The fraction of sp³-hybridized carbons (Fsp3) is 0.520. The number of hydrogen-bond acceptors (Lipinski definition) is 6. The minimum atomic E-state index is -1.05. The summed E-state index contributed by atoms with van der Waals surface area (Å²) >= 11 is 0. The van der Waals surface area contributed by atoms with Crippen molar-refractivity contribution in [3.63, 3.8) is 0 Å². The zero-order valence-electron chi connectivity index (χ0n) is 19.1. The Kier molecular flexibility index (Phi) is 5.15. The number of hydrogen-bond donors (Lipinski definition) is 2. The molecule has 2 N–H and O–H groups in total. The van der Waals surface area contributed by atoms with Gasteiger partial charge in [0.15, 0.2) is 0 Å². The van der Waals surface area contributed by atoms with Crippen LogP contribution in [-0.4, -0.2) is 47.5 Å². The molecule has 9 heteroatoms. The molecule has 1 aliphatic carbocycles. The van der Waals surface area contributed by atoms with E-state index in [4.69, 9.17) is 4.98 Å². The van der Waals surface area contributed by atoms with Gasteiger partial charge < -0.3 is 15.5 Å². The molecular weight excluding hydrogens is 435 g/mol. The summed E-state index contributed by atoms with van der Waals surface area (Å²) in [6.45, 7) is 2.27. The van der Waals surface area contributed by atoms with E-state index in [0.29, 0.717) is 42.5 Å². The molecule has 4 heterocycles. The van der Waals surface area contributed by atoms with Crippen molar-refractivity contribution < 1.29 is 14.0 Å². The number of amides is 2. The molecule has 1 aromatic carbocycles. The average molecular weight is 465 g/mol. The normalized spacial score (nSPS) is 24.7. The van der Waals surface area contributed by atoms with E-state index in [1.54, 1.807) is 17.2 Å². The van der Waals surface area contributed by atoms with Crippen LogP contribution >= 0.6 is 0 Å². The first-order valence-corrected chi connectivity index (χ1v) is 12.3. The third-order valence-corrected chi connectivity index (χ3v) is 7.80. The van der Waals surface area contributed by atoms with Crippen LogP contribution in [0.1, 0.15) is 50.5 Å². The zero-order chi connectivity index (χ0) is 23.3. The van der Waals surface area contributed by atoms with E-state index in [0.717, 1.165) is 57.2 Å². The van der Waals surface area contributed by atoms with E-state index < -0.39 is 5.41 Å². The number of anilines is 4. The summed E-state index contributed by atoms with van der Waals surface area (Å²) in [7, 11) is 0. The first-order chi connectivity index (χ1) is 16.5. The number of benzene rings is 1. The third-order valence-electron chi connectivity index (χ3n) is 7.80. The zero-order valence-corrected chi connectivity index (χ0v) is 19.1. The van der Waals surface area contributed by atoms with Gasteiger partial charge in [-0.15, -0.1) is 0 Å². The molecule has 4 aliphatic rings. The number of carbonyl (C=O) groups is 2. The highest BCUT2D eigenvalue weighted by Crippen LogP contribution is 2.44. The van der Waals surface area contributed by atoms with Gasteiger partial charge in [0.2, 0.25) is 17.8 Å². The maximum absolute atomic E-state index is 14.8. The number of fused-ring (bicyclic) bond motifs is 1. The molecule has 1 atom stereocenters. The monoisotopic (exact) mass is 464 g/mol. The van der Waals surface area contributed by atoms with Gasteiger partial charge in [-0.25, -0.2) is 9.37 Å². The van der Waals surface area contributed by atoms with Crippen LogP contribution in [-0.2, 0) is 16.0 Å². The maximum Gasteiger partial charge on any atom is 0.244 e. The summed E-state index contributed by atoms with van der Waals surface area (Å²) in [4.78, 5) is 39.5. The van der Waals surface area contributed by atoms with Gasteiger partial charge in [0.1, 0.15) is 17.1 Å². The standard InChI is InChI=1S/C25H29FN6O2/c26-19-13-17(7-8-20(19)31-11-3-4-12-31)29-24-28-15-16-14-25(9-10-27-22(25)33)23(34)32(21(16)30-24)18-5-1-2-6-18/h7-8,13,15,18H,1-6,9-12,14H2,(H,27,33)(H,28,29,30)/t25-/m1/s1. The number of nitrogens with one attached hydrogen (secondary N) is 2. The van der Waals surface area contributed by atoms with Crippen molar-refractivity contribution in [2.75, 3.05) is 34.8 Å². The molecule has 1 spiro atoms. The van der Waals surface area contributed by atoms with Gasteiger partial charge in [-0.3, -0.25) is 14.5 Å². The molecule has 6 rings (SSSR count). The lowest BCUT2D eigenvalue weighted by Gasteiger charge is -2.40. The summed E-state index contributed by atoms with van der Waals surface area (Å²) in [5, 5.41) is 5.96. The van der Waals surface area contributed by atoms with Gasteiger partial charge in [0.25, 0.3) is 0 Å². The predicted octanol–water partition coefficient (Wildman–Crippen LogP) is 3.30. The minimum Gasteiger partial charge on any atom is -0.369 e. The summed E-state index contributed by atoms with van der Waals surface area (Å²) in [6.07, 6.45) is 8.61. The Hall–Kier alpha value is -3.23. The fourth-order valence-corrected chi connectivity index (χ4v) is 5.99. The number of carbonyl (C=O) groups excluding carboxylic acids is 2. The molecular formula is C25H29FN6O2. The van der Waals surface area contributed by atoms with Crippen molar-refractivity contribution in [1.82, 2.24) is 15.3 Å². The second-order valence-corrected chi connectivity index (χ2v) is 9.91. The highest BCUT2D eigenvalue weighted by Gasteiger charge is 2.56. The van der Waals surface area contributed by atoms with Gasteiger partial charge in [0, 0.05) is 49.5 Å². The van der Waals surface area contributed by atoms with Crippen molar-refractivity contribution in [3.8, 4) is 0 Å². The molecule has 2 saturated heterocycles. The van der Waals surface area contributed by atoms with Crippen molar-refractivity contribution in [2.24, 2.45) is 5.41 Å². The Balaban J connectivity index is 1.32. The van der Waals surface area contributed by atoms with E-state index in [9.17, 15) is 14.0 Å². The highest BCUT2D eigenvalue weighted by molar-refractivity contribution is 6.14. The summed E-state index contributed by atoms with van der Waals surface area (Å²) in [6, 6.07) is 5.13. The maximum atomic E-state index is 14.8. The molecule has 1 saturated carbocycles. The molecule has 34 heavy (non-hydrogen) atoms. The quantitative estimate of drug-likeness (QED) is 0.675. The van der Waals surface area contributed by atoms with Crippen molar-refractivity contribution >= 4 is 35.0 Å². The SMILES string of the molecule is O=C1NCC[C@@]12Cc1cnc(Nc3ccc(N4CCCC4)c(F)c3)nc1N(C1CCCC1)C2=O. The third kappa shape index (κ3) is 3.40. The van der Waals surface area contributed by atoms with Crippen molar-refractivity contribution in [3.05, 3.63) is 35.8 Å². The van der Waals surface area contributed by atoms with Gasteiger partial charge in [-0.2, -0.15) is 4.98 Å². The molecule has 3 fully saturated rings. The molecule has 2 aromatic rings. The Bertz CT molecular complexity index is 1140. The van der Waals surface area contributed by atoms with E-state index in [1.165, 1.54) is 6.07 Å². The average Bonchev–Trinajstić information content (AvgIpc) is 3.59. The lowest BCUT2D eigenvalue weighted by atomic mass is 9.76.